The van der Waals surface area contributed by atoms with Gasteiger partial charge in [0.05, 0.1) is 13.2 Å². The Hall–Kier alpha value is -1.32. The fourth-order valence-corrected chi connectivity index (χ4v) is 2.87. The molecule has 0 saturated heterocycles. The largest absolute Gasteiger partial charge is 0.462 e. The summed E-state index contributed by atoms with van der Waals surface area (Å²) >= 11 is 0. The summed E-state index contributed by atoms with van der Waals surface area (Å²) in [4.78, 5) is 25.6. The molecule has 0 rings (SSSR count). The Labute approximate surface area is 173 Å². The molecule has 0 amide bonds. The van der Waals surface area contributed by atoms with Crippen molar-refractivity contribution in [2.75, 3.05) is 13.2 Å². The SMILES string of the molecule is CCCCCC/C(C(=O)OCC(C)C)=C(\CCCCCC)C(=O)OCC(C)C. The molecule has 0 atom stereocenters. The number of ether oxygens (including phenoxy) is 2. The minimum absolute atomic E-state index is 0.270. The Morgan fingerprint density at radius 3 is 1.25 bits per heavy atom. The van der Waals surface area contributed by atoms with Gasteiger partial charge in [-0.1, -0.05) is 80.1 Å². The fraction of sp³-hybridized carbons (Fsp3) is 0.833. The van der Waals surface area contributed by atoms with Crippen molar-refractivity contribution in [2.45, 2.75) is 106 Å². The predicted molar refractivity (Wildman–Crippen MR) is 116 cm³/mol. The lowest BCUT2D eigenvalue weighted by molar-refractivity contribution is -0.143. The second-order valence-corrected chi connectivity index (χ2v) is 8.56. The minimum atomic E-state index is -0.336. The lowest BCUT2D eigenvalue weighted by atomic mass is 9.96. The molecule has 0 spiro atoms. The van der Waals surface area contributed by atoms with Gasteiger partial charge in [0.15, 0.2) is 0 Å². The molecule has 28 heavy (non-hydrogen) atoms. The molecule has 0 aliphatic carbocycles. The third-order valence-corrected chi connectivity index (χ3v) is 4.51. The first kappa shape index (κ1) is 26.7. The Bertz CT molecular complexity index is 421. The van der Waals surface area contributed by atoms with Gasteiger partial charge in [-0.15, -0.1) is 0 Å². The molecule has 0 aromatic heterocycles. The number of esters is 2. The smallest absolute Gasteiger partial charge is 0.334 e. The molecule has 0 bridgehead atoms. The average Bonchev–Trinajstić information content (AvgIpc) is 2.65. The molecule has 0 aromatic carbocycles. The van der Waals surface area contributed by atoms with Gasteiger partial charge in [-0.2, -0.15) is 0 Å². The van der Waals surface area contributed by atoms with Crippen molar-refractivity contribution in [2.24, 2.45) is 11.8 Å². The van der Waals surface area contributed by atoms with E-state index in [0.29, 0.717) is 37.2 Å². The maximum absolute atomic E-state index is 12.8. The van der Waals surface area contributed by atoms with E-state index in [1.807, 2.05) is 27.7 Å². The van der Waals surface area contributed by atoms with Crippen LogP contribution in [0.2, 0.25) is 0 Å². The molecule has 0 heterocycles. The van der Waals surface area contributed by atoms with Crippen LogP contribution < -0.4 is 0 Å². The molecular formula is C24H44O4. The summed E-state index contributed by atoms with van der Waals surface area (Å²) in [6, 6.07) is 0. The van der Waals surface area contributed by atoms with Crippen LogP contribution in [0.4, 0.5) is 0 Å². The van der Waals surface area contributed by atoms with Crippen molar-refractivity contribution >= 4 is 11.9 Å². The van der Waals surface area contributed by atoms with Gasteiger partial charge in [0, 0.05) is 11.1 Å². The van der Waals surface area contributed by atoms with Gasteiger partial charge < -0.3 is 9.47 Å². The van der Waals surface area contributed by atoms with E-state index >= 15 is 0 Å². The van der Waals surface area contributed by atoms with Gasteiger partial charge in [0.1, 0.15) is 0 Å². The van der Waals surface area contributed by atoms with Crippen molar-refractivity contribution in [3.8, 4) is 0 Å². The minimum Gasteiger partial charge on any atom is -0.462 e. The summed E-state index contributed by atoms with van der Waals surface area (Å²) in [6.07, 6.45) is 9.65. The molecule has 0 aliphatic rings. The molecular weight excluding hydrogens is 352 g/mol. The van der Waals surface area contributed by atoms with E-state index in [0.717, 1.165) is 51.4 Å². The fourth-order valence-electron chi connectivity index (χ4n) is 2.87. The van der Waals surface area contributed by atoms with Crippen LogP contribution in [-0.4, -0.2) is 25.2 Å². The van der Waals surface area contributed by atoms with Crippen LogP contribution in [0, 0.1) is 11.8 Å². The molecule has 4 nitrogen and oxygen atoms in total. The topological polar surface area (TPSA) is 52.6 Å². The highest BCUT2D eigenvalue weighted by Gasteiger charge is 2.23. The van der Waals surface area contributed by atoms with E-state index < -0.39 is 0 Å². The molecule has 164 valence electrons. The van der Waals surface area contributed by atoms with Crippen LogP contribution in [0.15, 0.2) is 11.1 Å². The number of hydrogen-bond donors (Lipinski definition) is 0. The number of unbranched alkanes of at least 4 members (excludes halogenated alkanes) is 6. The first-order valence-corrected chi connectivity index (χ1v) is 11.4. The zero-order valence-corrected chi connectivity index (χ0v) is 19.3. The third kappa shape index (κ3) is 13.0. The molecule has 0 fully saturated rings. The first-order chi connectivity index (χ1) is 13.3. The van der Waals surface area contributed by atoms with E-state index in [-0.39, 0.29) is 23.8 Å². The molecule has 0 unspecified atom stereocenters. The van der Waals surface area contributed by atoms with Gasteiger partial charge in [-0.3, -0.25) is 0 Å². The highest BCUT2D eigenvalue weighted by atomic mass is 16.5. The zero-order chi connectivity index (χ0) is 21.4. The van der Waals surface area contributed by atoms with E-state index in [4.69, 9.17) is 9.47 Å². The molecule has 0 aliphatic heterocycles. The summed E-state index contributed by atoms with van der Waals surface area (Å²) in [5, 5.41) is 0. The second-order valence-electron chi connectivity index (χ2n) is 8.56. The Balaban J connectivity index is 5.46. The lowest BCUT2D eigenvalue weighted by Crippen LogP contribution is -2.20. The molecule has 0 N–H and O–H groups in total. The Morgan fingerprint density at radius 1 is 0.607 bits per heavy atom. The Morgan fingerprint density at radius 2 is 0.964 bits per heavy atom. The predicted octanol–water partition coefficient (Wildman–Crippen LogP) is 6.62. The summed E-state index contributed by atoms with van der Waals surface area (Å²) in [7, 11) is 0. The maximum Gasteiger partial charge on any atom is 0.334 e. The van der Waals surface area contributed by atoms with E-state index in [9.17, 15) is 9.59 Å². The van der Waals surface area contributed by atoms with Crippen LogP contribution >= 0.6 is 0 Å². The molecule has 0 aromatic rings. The first-order valence-electron chi connectivity index (χ1n) is 11.4. The van der Waals surface area contributed by atoms with E-state index in [1.54, 1.807) is 0 Å². The standard InChI is InChI=1S/C24H44O4/c1-7-9-11-13-15-21(23(25)27-17-19(3)4)22(16-14-12-10-8-2)24(26)28-18-20(5)6/h19-20H,7-18H2,1-6H3/b22-21-. The van der Waals surface area contributed by atoms with Crippen LogP contribution in [0.1, 0.15) is 106 Å². The van der Waals surface area contributed by atoms with Crippen molar-refractivity contribution in [3.63, 3.8) is 0 Å². The number of carbonyl (C=O) groups is 2. The van der Waals surface area contributed by atoms with Crippen molar-refractivity contribution in [1.29, 1.82) is 0 Å². The highest BCUT2D eigenvalue weighted by Crippen LogP contribution is 2.23. The van der Waals surface area contributed by atoms with Gasteiger partial charge in [-0.05, 0) is 37.5 Å². The van der Waals surface area contributed by atoms with E-state index in [1.165, 1.54) is 0 Å². The van der Waals surface area contributed by atoms with Gasteiger partial charge in [0.25, 0.3) is 0 Å². The molecule has 0 saturated carbocycles. The lowest BCUT2D eigenvalue weighted by Gasteiger charge is -2.16. The van der Waals surface area contributed by atoms with Crippen LogP contribution in [0.5, 0.6) is 0 Å². The van der Waals surface area contributed by atoms with Gasteiger partial charge in [-0.25, -0.2) is 9.59 Å². The van der Waals surface area contributed by atoms with Crippen LogP contribution in [-0.2, 0) is 19.1 Å². The second kappa shape index (κ2) is 16.6. The molecule has 4 heteroatoms. The van der Waals surface area contributed by atoms with Gasteiger partial charge in [0.2, 0.25) is 0 Å². The quantitative estimate of drug-likeness (QED) is 0.167. The normalized spacial score (nSPS) is 12.3. The zero-order valence-electron chi connectivity index (χ0n) is 19.3. The van der Waals surface area contributed by atoms with Crippen molar-refractivity contribution in [3.05, 3.63) is 11.1 Å². The summed E-state index contributed by atoms with van der Waals surface area (Å²) in [6.45, 7) is 13.1. The molecule has 0 radical (unpaired) electrons. The van der Waals surface area contributed by atoms with E-state index in [2.05, 4.69) is 13.8 Å². The number of hydrogen-bond acceptors (Lipinski definition) is 4. The number of rotatable bonds is 16. The van der Waals surface area contributed by atoms with Crippen molar-refractivity contribution < 1.29 is 19.1 Å². The summed E-state index contributed by atoms with van der Waals surface area (Å²) in [5.74, 6) is -0.133. The van der Waals surface area contributed by atoms with Crippen LogP contribution in [0.3, 0.4) is 0 Å². The Kier molecular flexibility index (Phi) is 15.8. The van der Waals surface area contributed by atoms with Crippen LogP contribution in [0.25, 0.3) is 0 Å². The van der Waals surface area contributed by atoms with Crippen molar-refractivity contribution in [1.82, 2.24) is 0 Å². The highest BCUT2D eigenvalue weighted by molar-refractivity contribution is 6.00. The summed E-state index contributed by atoms with van der Waals surface area (Å²) in [5.41, 5.74) is 1.09. The number of carbonyl (C=O) groups excluding carboxylic acids is 2. The maximum atomic E-state index is 12.8. The third-order valence-electron chi connectivity index (χ3n) is 4.51. The monoisotopic (exact) mass is 396 g/mol. The van der Waals surface area contributed by atoms with Gasteiger partial charge >= 0.3 is 11.9 Å². The summed E-state index contributed by atoms with van der Waals surface area (Å²) < 4.78 is 11.0. The average molecular weight is 397 g/mol.